The van der Waals surface area contributed by atoms with Crippen molar-refractivity contribution in [2.24, 2.45) is 0 Å². The molecule has 0 aromatic heterocycles. The van der Waals surface area contributed by atoms with Crippen LogP contribution in [0.1, 0.15) is 37.0 Å². The van der Waals surface area contributed by atoms with Crippen LogP contribution in [0.4, 0.5) is 4.39 Å². The molecule has 0 spiro atoms. The predicted octanol–water partition coefficient (Wildman–Crippen LogP) is 6.92. The number of nitrogens with one attached hydrogen (secondary N) is 1. The molecule has 37 heavy (non-hydrogen) atoms. The number of carbonyl (C=O) groups is 2. The lowest BCUT2D eigenvalue weighted by atomic mass is 10.0. The van der Waals surface area contributed by atoms with E-state index in [9.17, 15) is 14.0 Å². The van der Waals surface area contributed by atoms with Gasteiger partial charge in [-0.2, -0.15) is 0 Å². The van der Waals surface area contributed by atoms with Gasteiger partial charge in [0.1, 0.15) is 11.9 Å². The number of hydrogen-bond donors (Lipinski definition) is 1. The Labute approximate surface area is 232 Å². The first kappa shape index (κ1) is 29.0. The molecular formula is C29H31Cl2FN2O2S. The Balaban J connectivity index is 1.89. The van der Waals surface area contributed by atoms with Crippen LogP contribution in [0.5, 0.6) is 0 Å². The van der Waals surface area contributed by atoms with E-state index in [2.05, 4.69) is 5.32 Å². The smallest absolute Gasteiger partial charge is 0.243 e. The van der Waals surface area contributed by atoms with Crippen molar-refractivity contribution in [1.29, 1.82) is 0 Å². The van der Waals surface area contributed by atoms with Crippen LogP contribution in [0.15, 0.2) is 72.8 Å². The lowest BCUT2D eigenvalue weighted by Gasteiger charge is -2.32. The second-order valence-electron chi connectivity index (χ2n) is 8.88. The number of thioether (sulfide) groups is 1. The van der Waals surface area contributed by atoms with Crippen LogP contribution in [0.2, 0.25) is 10.0 Å². The SMILES string of the molecule is CC[C@H](C)NC(=O)[C@@H](Cc1ccccc1)N(Cc1ccc(Cl)c(Cl)c1)C(=O)CSCc1ccccc1F. The molecule has 3 aromatic carbocycles. The molecule has 0 aliphatic carbocycles. The maximum absolute atomic E-state index is 14.1. The Morgan fingerprint density at radius 1 is 0.973 bits per heavy atom. The molecule has 0 aliphatic heterocycles. The number of amides is 2. The molecule has 0 radical (unpaired) electrons. The molecule has 0 unspecified atom stereocenters. The number of benzene rings is 3. The standard InChI is InChI=1S/C29H31Cl2FN2O2S/c1-3-20(2)33-29(36)27(16-21-9-5-4-6-10-21)34(17-22-13-14-24(30)25(31)15-22)28(35)19-37-18-23-11-7-8-12-26(23)32/h4-15,20,27H,3,16-19H2,1-2H3,(H,33,36)/t20-,27+/m0/s1. The van der Waals surface area contributed by atoms with Gasteiger partial charge in [0.05, 0.1) is 15.8 Å². The third kappa shape index (κ3) is 8.77. The first-order valence-electron chi connectivity index (χ1n) is 12.2. The fourth-order valence-corrected chi connectivity index (χ4v) is 4.99. The molecule has 3 aromatic rings. The van der Waals surface area contributed by atoms with Crippen molar-refractivity contribution in [1.82, 2.24) is 10.2 Å². The summed E-state index contributed by atoms with van der Waals surface area (Å²) in [5.41, 5.74) is 2.24. The van der Waals surface area contributed by atoms with E-state index in [0.29, 0.717) is 27.8 Å². The zero-order valence-electron chi connectivity index (χ0n) is 20.9. The van der Waals surface area contributed by atoms with Crippen molar-refractivity contribution in [3.63, 3.8) is 0 Å². The molecule has 2 atom stereocenters. The monoisotopic (exact) mass is 560 g/mol. The van der Waals surface area contributed by atoms with Gasteiger partial charge < -0.3 is 10.2 Å². The average Bonchev–Trinajstić information content (AvgIpc) is 2.89. The van der Waals surface area contributed by atoms with Gasteiger partial charge in [-0.1, -0.05) is 84.7 Å². The van der Waals surface area contributed by atoms with Gasteiger partial charge in [-0.05, 0) is 48.2 Å². The van der Waals surface area contributed by atoms with Crippen LogP contribution < -0.4 is 5.32 Å². The summed E-state index contributed by atoms with van der Waals surface area (Å²) >= 11 is 13.7. The Bertz CT molecular complexity index is 1200. The highest BCUT2D eigenvalue weighted by atomic mass is 35.5. The maximum atomic E-state index is 14.1. The maximum Gasteiger partial charge on any atom is 0.243 e. The summed E-state index contributed by atoms with van der Waals surface area (Å²) in [6, 6.07) is 20.5. The molecule has 4 nitrogen and oxygen atoms in total. The largest absolute Gasteiger partial charge is 0.352 e. The molecule has 3 rings (SSSR count). The van der Waals surface area contributed by atoms with E-state index in [1.165, 1.54) is 17.8 Å². The summed E-state index contributed by atoms with van der Waals surface area (Å²) in [6.45, 7) is 4.11. The molecule has 0 saturated heterocycles. The van der Waals surface area contributed by atoms with E-state index in [1.807, 2.05) is 44.2 Å². The van der Waals surface area contributed by atoms with E-state index in [1.54, 1.807) is 41.3 Å². The number of rotatable bonds is 12. The summed E-state index contributed by atoms with van der Waals surface area (Å²) in [4.78, 5) is 28.7. The predicted molar refractivity (Wildman–Crippen MR) is 151 cm³/mol. The average molecular weight is 562 g/mol. The van der Waals surface area contributed by atoms with Crippen molar-refractivity contribution in [2.75, 3.05) is 5.75 Å². The quantitative estimate of drug-likeness (QED) is 0.261. The summed E-state index contributed by atoms with van der Waals surface area (Å²) in [7, 11) is 0. The second-order valence-corrected chi connectivity index (χ2v) is 10.7. The van der Waals surface area contributed by atoms with Crippen molar-refractivity contribution in [2.45, 2.75) is 51.1 Å². The van der Waals surface area contributed by atoms with Crippen LogP contribution in [0, 0.1) is 5.82 Å². The van der Waals surface area contributed by atoms with Crippen molar-refractivity contribution in [3.8, 4) is 0 Å². The van der Waals surface area contributed by atoms with E-state index in [0.717, 1.165) is 17.5 Å². The van der Waals surface area contributed by atoms with Gasteiger partial charge in [0, 0.05) is 24.8 Å². The normalized spacial score (nSPS) is 12.6. The highest BCUT2D eigenvalue weighted by molar-refractivity contribution is 7.99. The molecule has 2 amide bonds. The zero-order chi connectivity index (χ0) is 26.8. The molecule has 0 fully saturated rings. The molecule has 0 bridgehead atoms. The van der Waals surface area contributed by atoms with Gasteiger partial charge >= 0.3 is 0 Å². The van der Waals surface area contributed by atoms with Crippen LogP contribution >= 0.6 is 35.0 Å². The van der Waals surface area contributed by atoms with Gasteiger partial charge in [0.2, 0.25) is 11.8 Å². The van der Waals surface area contributed by atoms with Gasteiger partial charge in [-0.3, -0.25) is 9.59 Å². The van der Waals surface area contributed by atoms with Gasteiger partial charge in [0.25, 0.3) is 0 Å². The van der Waals surface area contributed by atoms with E-state index >= 15 is 0 Å². The van der Waals surface area contributed by atoms with Crippen LogP contribution in [-0.4, -0.2) is 34.6 Å². The number of nitrogens with zero attached hydrogens (tertiary/aromatic N) is 1. The van der Waals surface area contributed by atoms with Crippen molar-refractivity contribution in [3.05, 3.63) is 105 Å². The number of halogens is 3. The van der Waals surface area contributed by atoms with E-state index < -0.39 is 6.04 Å². The molecule has 0 heterocycles. The molecule has 8 heteroatoms. The van der Waals surface area contributed by atoms with E-state index in [4.69, 9.17) is 23.2 Å². The van der Waals surface area contributed by atoms with E-state index in [-0.39, 0.29) is 36.0 Å². The summed E-state index contributed by atoms with van der Waals surface area (Å²) in [5, 5.41) is 3.84. The third-order valence-electron chi connectivity index (χ3n) is 6.05. The number of hydrogen-bond acceptors (Lipinski definition) is 3. The van der Waals surface area contributed by atoms with Crippen LogP contribution in [-0.2, 0) is 28.3 Å². The van der Waals surface area contributed by atoms with Crippen LogP contribution in [0.25, 0.3) is 0 Å². The lowest BCUT2D eigenvalue weighted by Crippen LogP contribution is -2.52. The van der Waals surface area contributed by atoms with Crippen LogP contribution in [0.3, 0.4) is 0 Å². The minimum atomic E-state index is -0.743. The molecular weight excluding hydrogens is 530 g/mol. The Morgan fingerprint density at radius 2 is 1.68 bits per heavy atom. The highest BCUT2D eigenvalue weighted by Crippen LogP contribution is 2.25. The second kappa shape index (κ2) is 14.4. The fourth-order valence-electron chi connectivity index (χ4n) is 3.78. The summed E-state index contributed by atoms with van der Waals surface area (Å²) < 4.78 is 14.1. The van der Waals surface area contributed by atoms with Crippen molar-refractivity contribution < 1.29 is 14.0 Å². The number of carbonyl (C=O) groups excluding carboxylic acids is 2. The Morgan fingerprint density at radius 3 is 2.35 bits per heavy atom. The minimum absolute atomic E-state index is 0.0388. The molecule has 0 aliphatic rings. The summed E-state index contributed by atoms with van der Waals surface area (Å²) in [6.07, 6.45) is 1.12. The molecule has 0 saturated carbocycles. The highest BCUT2D eigenvalue weighted by Gasteiger charge is 2.31. The molecule has 1 N–H and O–H groups in total. The zero-order valence-corrected chi connectivity index (χ0v) is 23.3. The fraction of sp³-hybridized carbons (Fsp3) is 0.310. The van der Waals surface area contributed by atoms with Gasteiger partial charge in [0.15, 0.2) is 0 Å². The topological polar surface area (TPSA) is 49.4 Å². The first-order chi connectivity index (χ1) is 17.8. The minimum Gasteiger partial charge on any atom is -0.352 e. The lowest BCUT2D eigenvalue weighted by molar-refractivity contribution is -0.139. The summed E-state index contributed by atoms with van der Waals surface area (Å²) in [5.74, 6) is -0.290. The Kier molecular flexibility index (Phi) is 11.3. The Hall–Kier alpha value is -2.54. The van der Waals surface area contributed by atoms with Gasteiger partial charge in [-0.25, -0.2) is 4.39 Å². The van der Waals surface area contributed by atoms with Gasteiger partial charge in [-0.15, -0.1) is 11.8 Å². The third-order valence-corrected chi connectivity index (χ3v) is 7.76. The van der Waals surface area contributed by atoms with Crippen molar-refractivity contribution >= 4 is 46.8 Å². The first-order valence-corrected chi connectivity index (χ1v) is 14.1. The molecule has 196 valence electrons.